The smallest absolute Gasteiger partial charge is 0.462 e. The first-order chi connectivity index (χ1) is 8.82. The van der Waals surface area contributed by atoms with Crippen LogP contribution in [-0.2, 0) is 23.7 Å². The van der Waals surface area contributed by atoms with Gasteiger partial charge in [-0.25, -0.2) is 4.79 Å². The van der Waals surface area contributed by atoms with E-state index < -0.39 is 6.16 Å². The van der Waals surface area contributed by atoms with Crippen molar-refractivity contribution in [2.24, 2.45) is 5.92 Å². The Labute approximate surface area is 114 Å². The van der Waals surface area contributed by atoms with Gasteiger partial charge < -0.3 is 18.9 Å². The predicted molar refractivity (Wildman–Crippen MR) is 68.8 cm³/mol. The molecule has 0 aromatic rings. The fraction of sp³-hybridized carbons (Fsp3) is 0.846. The molecule has 0 spiro atoms. The average Bonchev–Trinajstić information content (AvgIpc) is 2.30. The summed E-state index contributed by atoms with van der Waals surface area (Å²) < 4.78 is 19.8. The van der Waals surface area contributed by atoms with Gasteiger partial charge in [-0.05, 0) is 20.8 Å². The van der Waals surface area contributed by atoms with E-state index in [-0.39, 0.29) is 43.9 Å². The molecule has 0 saturated carbocycles. The quantitative estimate of drug-likeness (QED) is 0.499. The zero-order chi connectivity index (χ0) is 14.8. The molecule has 112 valence electrons. The first-order valence-corrected chi connectivity index (χ1v) is 6.44. The van der Waals surface area contributed by atoms with Crippen molar-refractivity contribution in [1.29, 1.82) is 0 Å². The summed E-state index contributed by atoms with van der Waals surface area (Å²) in [5, 5.41) is 0. The van der Waals surface area contributed by atoms with Crippen molar-refractivity contribution in [3.05, 3.63) is 0 Å². The van der Waals surface area contributed by atoms with Crippen LogP contribution in [-0.4, -0.2) is 44.2 Å². The number of hydrogen-bond acceptors (Lipinski definition) is 6. The second kappa shape index (κ2) is 9.61. The Morgan fingerprint density at radius 3 is 2.00 bits per heavy atom. The zero-order valence-corrected chi connectivity index (χ0v) is 12.3. The van der Waals surface area contributed by atoms with E-state index in [2.05, 4.69) is 0 Å². The standard InChI is InChI=1S/C13H24O6/c1-9(2)12(14)16-6-7-17-13(15)18-8-11(5)19-10(3)4/h9-11H,6-8H2,1-5H3. The van der Waals surface area contributed by atoms with Gasteiger partial charge in [-0.2, -0.15) is 0 Å². The Kier molecular flexibility index (Phi) is 8.95. The molecule has 0 saturated heterocycles. The van der Waals surface area contributed by atoms with E-state index in [1.54, 1.807) is 20.8 Å². The van der Waals surface area contributed by atoms with Crippen molar-refractivity contribution >= 4 is 12.1 Å². The lowest BCUT2D eigenvalue weighted by molar-refractivity contribution is -0.148. The molecular weight excluding hydrogens is 252 g/mol. The van der Waals surface area contributed by atoms with Gasteiger partial charge in [0.15, 0.2) is 0 Å². The Bertz CT molecular complexity index is 274. The molecule has 6 nitrogen and oxygen atoms in total. The first kappa shape index (κ1) is 17.7. The number of esters is 1. The van der Waals surface area contributed by atoms with Crippen molar-refractivity contribution < 1.29 is 28.5 Å². The molecule has 0 fully saturated rings. The summed E-state index contributed by atoms with van der Waals surface area (Å²) in [6.07, 6.45) is -0.906. The molecule has 1 atom stereocenters. The van der Waals surface area contributed by atoms with E-state index in [1.165, 1.54) is 0 Å². The first-order valence-electron chi connectivity index (χ1n) is 6.44. The normalized spacial score (nSPS) is 12.4. The van der Waals surface area contributed by atoms with Gasteiger partial charge in [-0.3, -0.25) is 4.79 Å². The Morgan fingerprint density at radius 2 is 1.47 bits per heavy atom. The van der Waals surface area contributed by atoms with Crippen molar-refractivity contribution in [2.75, 3.05) is 19.8 Å². The summed E-state index contributed by atoms with van der Waals surface area (Å²) in [4.78, 5) is 22.3. The van der Waals surface area contributed by atoms with Gasteiger partial charge in [0.1, 0.15) is 19.8 Å². The number of carbonyl (C=O) groups is 2. The summed E-state index contributed by atoms with van der Waals surface area (Å²) in [7, 11) is 0. The Hall–Kier alpha value is -1.30. The minimum absolute atomic E-state index is 0.0172. The highest BCUT2D eigenvalue weighted by Crippen LogP contribution is 1.99. The third-order valence-corrected chi connectivity index (χ3v) is 1.96. The summed E-state index contributed by atoms with van der Waals surface area (Å²) in [5.74, 6) is -0.517. The molecule has 6 heteroatoms. The average molecular weight is 276 g/mol. The van der Waals surface area contributed by atoms with E-state index in [4.69, 9.17) is 18.9 Å². The van der Waals surface area contributed by atoms with Crippen LogP contribution in [0.2, 0.25) is 0 Å². The highest BCUT2D eigenvalue weighted by Gasteiger charge is 2.11. The molecular formula is C13H24O6. The SMILES string of the molecule is CC(C)OC(C)COC(=O)OCCOC(=O)C(C)C. The van der Waals surface area contributed by atoms with Crippen LogP contribution < -0.4 is 0 Å². The molecule has 0 bridgehead atoms. The van der Waals surface area contributed by atoms with Crippen LogP contribution in [0.3, 0.4) is 0 Å². The number of hydrogen-bond donors (Lipinski definition) is 0. The van der Waals surface area contributed by atoms with Crippen molar-refractivity contribution in [2.45, 2.75) is 46.8 Å². The molecule has 0 aliphatic rings. The van der Waals surface area contributed by atoms with Crippen molar-refractivity contribution in [3.63, 3.8) is 0 Å². The van der Waals surface area contributed by atoms with E-state index in [1.807, 2.05) is 13.8 Å². The van der Waals surface area contributed by atoms with E-state index in [0.717, 1.165) is 0 Å². The van der Waals surface area contributed by atoms with Gasteiger partial charge in [0.05, 0.1) is 18.1 Å². The largest absolute Gasteiger partial charge is 0.508 e. The Morgan fingerprint density at radius 1 is 0.895 bits per heavy atom. The number of ether oxygens (including phenoxy) is 4. The van der Waals surface area contributed by atoms with E-state index in [9.17, 15) is 9.59 Å². The van der Waals surface area contributed by atoms with Crippen LogP contribution in [0.4, 0.5) is 4.79 Å². The topological polar surface area (TPSA) is 71.1 Å². The maximum absolute atomic E-state index is 11.2. The molecule has 0 rings (SSSR count). The molecule has 19 heavy (non-hydrogen) atoms. The molecule has 0 radical (unpaired) electrons. The second-order valence-corrected chi connectivity index (χ2v) is 4.73. The number of rotatable bonds is 8. The monoisotopic (exact) mass is 276 g/mol. The molecule has 1 unspecified atom stereocenters. The lowest BCUT2D eigenvalue weighted by Gasteiger charge is -2.15. The molecule has 0 heterocycles. The van der Waals surface area contributed by atoms with Crippen molar-refractivity contribution in [3.8, 4) is 0 Å². The van der Waals surface area contributed by atoms with Gasteiger partial charge in [-0.1, -0.05) is 13.8 Å². The highest BCUT2D eigenvalue weighted by molar-refractivity contribution is 5.71. The third kappa shape index (κ3) is 10.3. The van der Waals surface area contributed by atoms with E-state index >= 15 is 0 Å². The van der Waals surface area contributed by atoms with Gasteiger partial charge in [0, 0.05) is 0 Å². The second-order valence-electron chi connectivity index (χ2n) is 4.73. The number of carbonyl (C=O) groups excluding carboxylic acids is 2. The Balaban J connectivity index is 3.57. The maximum atomic E-state index is 11.2. The van der Waals surface area contributed by atoms with Crippen LogP contribution in [0, 0.1) is 5.92 Å². The lowest BCUT2D eigenvalue weighted by atomic mass is 10.2. The molecule has 0 amide bonds. The minimum atomic E-state index is -0.792. The zero-order valence-electron chi connectivity index (χ0n) is 12.3. The maximum Gasteiger partial charge on any atom is 0.508 e. The summed E-state index contributed by atoms with van der Waals surface area (Å²) >= 11 is 0. The van der Waals surface area contributed by atoms with Gasteiger partial charge in [-0.15, -0.1) is 0 Å². The van der Waals surface area contributed by atoms with E-state index in [0.29, 0.717) is 0 Å². The molecule has 0 aromatic heterocycles. The van der Waals surface area contributed by atoms with Crippen LogP contribution in [0.1, 0.15) is 34.6 Å². The van der Waals surface area contributed by atoms with Crippen molar-refractivity contribution in [1.82, 2.24) is 0 Å². The molecule has 0 aliphatic carbocycles. The summed E-state index contributed by atoms with van der Waals surface area (Å²) in [6.45, 7) is 9.21. The molecule has 0 N–H and O–H groups in total. The van der Waals surface area contributed by atoms with Gasteiger partial charge >= 0.3 is 12.1 Å². The fourth-order valence-electron chi connectivity index (χ4n) is 1.16. The minimum Gasteiger partial charge on any atom is -0.462 e. The van der Waals surface area contributed by atoms with Crippen LogP contribution >= 0.6 is 0 Å². The van der Waals surface area contributed by atoms with Crippen LogP contribution in [0.15, 0.2) is 0 Å². The summed E-state index contributed by atoms with van der Waals surface area (Å²) in [5.41, 5.74) is 0. The third-order valence-electron chi connectivity index (χ3n) is 1.96. The molecule has 0 aromatic carbocycles. The lowest BCUT2D eigenvalue weighted by Crippen LogP contribution is -2.23. The highest BCUT2D eigenvalue weighted by atomic mass is 16.7. The van der Waals surface area contributed by atoms with Gasteiger partial charge in [0.2, 0.25) is 0 Å². The van der Waals surface area contributed by atoms with Crippen LogP contribution in [0.25, 0.3) is 0 Å². The molecule has 0 aliphatic heterocycles. The van der Waals surface area contributed by atoms with Crippen LogP contribution in [0.5, 0.6) is 0 Å². The fourth-order valence-corrected chi connectivity index (χ4v) is 1.16. The summed E-state index contributed by atoms with van der Waals surface area (Å²) in [6, 6.07) is 0. The van der Waals surface area contributed by atoms with Gasteiger partial charge in [0.25, 0.3) is 0 Å². The predicted octanol–water partition coefficient (Wildman–Crippen LogP) is 2.15.